The van der Waals surface area contributed by atoms with Gasteiger partial charge in [-0.05, 0) is 36.7 Å². The first-order valence-corrected chi connectivity index (χ1v) is 5.66. The predicted octanol–water partition coefficient (Wildman–Crippen LogP) is 2.37. The third-order valence-electron chi connectivity index (χ3n) is 2.46. The van der Waals surface area contributed by atoms with Gasteiger partial charge >= 0.3 is 6.18 Å². The number of carbonyl (C=O) groups excluding carboxylic acids is 1. The molecule has 7 heteroatoms. The fourth-order valence-corrected chi connectivity index (χ4v) is 1.61. The second-order valence-corrected chi connectivity index (χ2v) is 4.06. The average molecular weight is 278 g/mol. The van der Waals surface area contributed by atoms with Crippen molar-refractivity contribution >= 4 is 5.91 Å². The molecule has 3 N–H and O–H groups in total. The third-order valence-corrected chi connectivity index (χ3v) is 2.46. The number of hydrogen-bond donors (Lipinski definition) is 2. The zero-order chi connectivity index (χ0) is 14.6. The van der Waals surface area contributed by atoms with Crippen LogP contribution in [0.1, 0.15) is 30.5 Å². The topological polar surface area (TPSA) is 55.1 Å². The van der Waals surface area contributed by atoms with E-state index in [-0.39, 0.29) is 5.56 Å². The fraction of sp³-hybridized carbons (Fsp3) is 0.417. The first-order chi connectivity index (χ1) is 8.75. The van der Waals surface area contributed by atoms with Gasteiger partial charge in [0.15, 0.2) is 0 Å². The van der Waals surface area contributed by atoms with Gasteiger partial charge in [0.2, 0.25) is 5.91 Å². The van der Waals surface area contributed by atoms with Crippen LogP contribution in [-0.2, 0) is 11.0 Å². The number of alkyl halides is 3. The molecule has 3 nitrogen and oxygen atoms in total. The second-order valence-electron chi connectivity index (χ2n) is 4.06. The summed E-state index contributed by atoms with van der Waals surface area (Å²) in [5.74, 6) is -1.92. The minimum atomic E-state index is -4.68. The van der Waals surface area contributed by atoms with E-state index >= 15 is 0 Å². The molecule has 106 valence electrons. The van der Waals surface area contributed by atoms with Crippen LogP contribution in [0.3, 0.4) is 0 Å². The van der Waals surface area contributed by atoms with E-state index < -0.39 is 29.5 Å². The summed E-state index contributed by atoms with van der Waals surface area (Å²) in [6, 6.07) is 0.826. The van der Waals surface area contributed by atoms with Crippen molar-refractivity contribution in [2.45, 2.75) is 25.6 Å². The lowest BCUT2D eigenvalue weighted by Gasteiger charge is -2.17. The number of nitrogens with one attached hydrogen (secondary N) is 1. The van der Waals surface area contributed by atoms with Crippen molar-refractivity contribution in [2.24, 2.45) is 5.73 Å². The average Bonchev–Trinajstić information content (AvgIpc) is 2.27. The van der Waals surface area contributed by atoms with Crippen LogP contribution in [0.4, 0.5) is 17.6 Å². The molecule has 1 atom stereocenters. The molecule has 0 radical (unpaired) electrons. The molecular formula is C12H14F4N2O. The highest BCUT2D eigenvalue weighted by Crippen LogP contribution is 2.31. The van der Waals surface area contributed by atoms with Crippen molar-refractivity contribution in [1.82, 2.24) is 5.32 Å². The Kier molecular flexibility index (Phi) is 4.88. The van der Waals surface area contributed by atoms with Gasteiger partial charge in [-0.25, -0.2) is 4.39 Å². The Morgan fingerprint density at radius 1 is 1.37 bits per heavy atom. The number of benzene rings is 1. The molecule has 0 fully saturated rings. The van der Waals surface area contributed by atoms with E-state index in [2.05, 4.69) is 5.32 Å². The van der Waals surface area contributed by atoms with Gasteiger partial charge in [0.25, 0.3) is 0 Å². The Bertz CT molecular complexity index is 460. The molecule has 1 unspecified atom stereocenters. The Balaban J connectivity index is 3.16. The Labute approximate surface area is 107 Å². The van der Waals surface area contributed by atoms with Crippen molar-refractivity contribution in [3.63, 3.8) is 0 Å². The molecule has 1 aromatic rings. The summed E-state index contributed by atoms with van der Waals surface area (Å²) in [6.45, 7) is 2.20. The van der Waals surface area contributed by atoms with E-state index in [1.54, 1.807) is 0 Å². The summed E-state index contributed by atoms with van der Waals surface area (Å²) in [4.78, 5) is 11.2. The fourth-order valence-electron chi connectivity index (χ4n) is 1.61. The van der Waals surface area contributed by atoms with Crippen LogP contribution in [0.15, 0.2) is 18.2 Å². The van der Waals surface area contributed by atoms with Crippen LogP contribution in [0.2, 0.25) is 0 Å². The maximum Gasteiger partial charge on any atom is 0.416 e. The smallest absolute Gasteiger partial charge is 0.368 e. The Morgan fingerprint density at radius 2 is 2.00 bits per heavy atom. The molecule has 0 aliphatic rings. The Morgan fingerprint density at radius 3 is 2.47 bits per heavy atom. The summed E-state index contributed by atoms with van der Waals surface area (Å²) in [7, 11) is 0. The summed E-state index contributed by atoms with van der Waals surface area (Å²) >= 11 is 0. The van der Waals surface area contributed by atoms with E-state index in [0.717, 1.165) is 12.1 Å². The molecule has 0 aliphatic heterocycles. The number of primary amides is 1. The number of halogens is 4. The van der Waals surface area contributed by atoms with Crippen LogP contribution in [-0.4, -0.2) is 12.5 Å². The highest BCUT2D eigenvalue weighted by atomic mass is 19.4. The second kappa shape index (κ2) is 6.01. The number of rotatable bonds is 5. The molecule has 0 heterocycles. The van der Waals surface area contributed by atoms with Crippen LogP contribution >= 0.6 is 0 Å². The lowest BCUT2D eigenvalue weighted by Crippen LogP contribution is -2.34. The van der Waals surface area contributed by atoms with Crippen molar-refractivity contribution in [3.8, 4) is 0 Å². The van der Waals surface area contributed by atoms with Crippen LogP contribution < -0.4 is 11.1 Å². The highest BCUT2D eigenvalue weighted by molar-refractivity contribution is 5.81. The Hall–Kier alpha value is -1.63. The number of amides is 1. The van der Waals surface area contributed by atoms with Crippen LogP contribution in [0.5, 0.6) is 0 Å². The zero-order valence-electron chi connectivity index (χ0n) is 10.2. The van der Waals surface area contributed by atoms with Gasteiger partial charge in [-0.1, -0.05) is 6.92 Å². The molecule has 0 saturated carbocycles. The van der Waals surface area contributed by atoms with Crippen molar-refractivity contribution in [2.75, 3.05) is 6.54 Å². The number of nitrogens with two attached hydrogens (primary N) is 1. The monoisotopic (exact) mass is 278 g/mol. The van der Waals surface area contributed by atoms with Gasteiger partial charge in [0.1, 0.15) is 11.9 Å². The van der Waals surface area contributed by atoms with E-state index in [4.69, 9.17) is 5.73 Å². The van der Waals surface area contributed by atoms with E-state index in [1.807, 2.05) is 6.92 Å². The summed E-state index contributed by atoms with van der Waals surface area (Å²) in [5.41, 5.74) is 3.84. The first kappa shape index (κ1) is 15.4. The molecule has 0 aromatic heterocycles. The zero-order valence-corrected chi connectivity index (χ0v) is 10.2. The minimum Gasteiger partial charge on any atom is -0.368 e. The van der Waals surface area contributed by atoms with Crippen LogP contribution in [0, 0.1) is 5.82 Å². The van der Waals surface area contributed by atoms with Gasteiger partial charge in [0.05, 0.1) is 5.56 Å². The molecule has 1 rings (SSSR count). The quantitative estimate of drug-likeness (QED) is 0.812. The third kappa shape index (κ3) is 4.20. The minimum absolute atomic E-state index is 0.131. The lowest BCUT2D eigenvalue weighted by atomic mass is 10.0. The largest absolute Gasteiger partial charge is 0.416 e. The molecule has 0 bridgehead atoms. The van der Waals surface area contributed by atoms with Gasteiger partial charge in [-0.3, -0.25) is 4.79 Å². The predicted molar refractivity (Wildman–Crippen MR) is 61.6 cm³/mol. The molecular weight excluding hydrogens is 264 g/mol. The SMILES string of the molecule is CCCNC(C(N)=O)c1cc(F)cc(C(F)(F)F)c1. The van der Waals surface area contributed by atoms with Gasteiger partial charge < -0.3 is 11.1 Å². The van der Waals surface area contributed by atoms with Gasteiger partial charge in [-0.2, -0.15) is 13.2 Å². The molecule has 0 spiro atoms. The standard InChI is InChI=1S/C12H14F4N2O/c1-2-3-18-10(11(17)19)7-4-8(12(14,15)16)6-9(13)5-7/h4-6,10,18H,2-3H2,1H3,(H2,17,19). The van der Waals surface area contributed by atoms with Crippen molar-refractivity contribution in [3.05, 3.63) is 35.1 Å². The maximum atomic E-state index is 13.2. The van der Waals surface area contributed by atoms with Crippen LogP contribution in [0.25, 0.3) is 0 Å². The molecule has 0 saturated heterocycles. The molecule has 19 heavy (non-hydrogen) atoms. The van der Waals surface area contributed by atoms with E-state index in [9.17, 15) is 22.4 Å². The normalized spacial score (nSPS) is 13.3. The van der Waals surface area contributed by atoms with Gasteiger partial charge in [-0.15, -0.1) is 0 Å². The maximum absolute atomic E-state index is 13.2. The highest BCUT2D eigenvalue weighted by Gasteiger charge is 2.32. The summed E-state index contributed by atoms with van der Waals surface area (Å²) in [5, 5.41) is 2.68. The number of hydrogen-bond acceptors (Lipinski definition) is 2. The van der Waals surface area contributed by atoms with E-state index in [0.29, 0.717) is 19.0 Å². The lowest BCUT2D eigenvalue weighted by molar-refractivity contribution is -0.138. The summed E-state index contributed by atoms with van der Waals surface area (Å²) < 4.78 is 50.9. The molecule has 1 aromatic carbocycles. The first-order valence-electron chi connectivity index (χ1n) is 5.66. The van der Waals surface area contributed by atoms with Crippen molar-refractivity contribution < 1.29 is 22.4 Å². The summed E-state index contributed by atoms with van der Waals surface area (Å²) in [6.07, 6.45) is -4.02. The molecule has 0 aliphatic carbocycles. The van der Waals surface area contributed by atoms with E-state index in [1.165, 1.54) is 0 Å². The number of carbonyl (C=O) groups is 1. The molecule has 1 amide bonds. The van der Waals surface area contributed by atoms with Crippen molar-refractivity contribution in [1.29, 1.82) is 0 Å². The van der Waals surface area contributed by atoms with Gasteiger partial charge in [0, 0.05) is 0 Å².